The van der Waals surface area contributed by atoms with Gasteiger partial charge < -0.3 is 13.9 Å². The normalized spacial score (nSPS) is 16.3. The first-order valence-electron chi connectivity index (χ1n) is 11.5. The van der Waals surface area contributed by atoms with Gasteiger partial charge in [0.05, 0.1) is 22.9 Å². The number of rotatable bonds is 3. The number of furan rings is 1. The second kappa shape index (κ2) is 7.73. The fourth-order valence-corrected chi connectivity index (χ4v) is 5.24. The third-order valence-electron chi connectivity index (χ3n) is 6.85. The van der Waals surface area contributed by atoms with Crippen molar-refractivity contribution in [2.75, 3.05) is 13.1 Å². The van der Waals surface area contributed by atoms with Gasteiger partial charge in [-0.25, -0.2) is 0 Å². The van der Waals surface area contributed by atoms with Crippen LogP contribution in [0.15, 0.2) is 59.3 Å². The molecule has 0 aliphatic carbocycles. The van der Waals surface area contributed by atoms with Crippen molar-refractivity contribution in [2.24, 2.45) is 0 Å². The monoisotopic (exact) mass is 453 g/mol. The topological polar surface area (TPSA) is 84.6 Å². The first-order valence-corrected chi connectivity index (χ1v) is 11.5. The van der Waals surface area contributed by atoms with Gasteiger partial charge in [0.2, 0.25) is 5.91 Å². The van der Waals surface area contributed by atoms with Crippen LogP contribution in [0.4, 0.5) is 0 Å². The highest BCUT2D eigenvalue weighted by molar-refractivity contribution is 6.50. The molecule has 34 heavy (non-hydrogen) atoms. The molecule has 0 spiro atoms. The van der Waals surface area contributed by atoms with Crippen molar-refractivity contribution in [3.8, 4) is 0 Å². The SMILES string of the molecule is CCC(=O)N1CCc2cccc3c(C4=C(c5cccc6ccoc56)C(=O)NC4=O)cn(c23)CC1. The van der Waals surface area contributed by atoms with E-state index in [1.165, 1.54) is 0 Å². The van der Waals surface area contributed by atoms with Crippen LogP contribution in [0.3, 0.4) is 0 Å². The maximum Gasteiger partial charge on any atom is 0.259 e. The van der Waals surface area contributed by atoms with Crippen LogP contribution in [-0.2, 0) is 27.3 Å². The second-order valence-corrected chi connectivity index (χ2v) is 8.71. The fraction of sp³-hybridized carbons (Fsp3) is 0.222. The highest BCUT2D eigenvalue weighted by atomic mass is 16.3. The Morgan fingerprint density at radius 1 is 0.971 bits per heavy atom. The number of nitrogens with zero attached hydrogens (tertiary/aromatic N) is 2. The number of carbonyl (C=O) groups excluding carboxylic acids is 3. The molecule has 0 bridgehead atoms. The molecule has 2 aromatic carbocycles. The molecule has 170 valence electrons. The molecule has 1 N–H and O–H groups in total. The summed E-state index contributed by atoms with van der Waals surface area (Å²) in [7, 11) is 0. The minimum absolute atomic E-state index is 0.139. The standard InChI is InChI=1S/C27H23N3O4/c1-2-21(31)29-11-9-16-5-3-7-18-20(15-30(13-12-29)24(16)18)23-22(26(32)28-27(23)33)19-8-4-6-17-10-14-34-25(17)19/h3-8,10,14-15H,2,9,11-13H2,1H3,(H,28,32,33). The minimum Gasteiger partial charge on any atom is -0.464 e. The third kappa shape index (κ3) is 3.00. The molecule has 2 aromatic heterocycles. The molecular formula is C27H23N3O4. The molecule has 7 heteroatoms. The van der Waals surface area contributed by atoms with Crippen molar-refractivity contribution < 1.29 is 18.8 Å². The number of aromatic nitrogens is 1. The van der Waals surface area contributed by atoms with Crippen LogP contribution in [-0.4, -0.2) is 40.3 Å². The number of amides is 3. The average molecular weight is 453 g/mol. The fourth-order valence-electron chi connectivity index (χ4n) is 5.24. The van der Waals surface area contributed by atoms with E-state index in [1.807, 2.05) is 54.4 Å². The quantitative estimate of drug-likeness (QED) is 0.479. The van der Waals surface area contributed by atoms with Gasteiger partial charge in [-0.2, -0.15) is 0 Å². The minimum atomic E-state index is -0.426. The molecule has 4 heterocycles. The van der Waals surface area contributed by atoms with Gasteiger partial charge in [0.15, 0.2) is 0 Å². The van der Waals surface area contributed by atoms with Crippen molar-refractivity contribution in [3.63, 3.8) is 0 Å². The van der Waals surface area contributed by atoms with E-state index in [4.69, 9.17) is 4.42 Å². The predicted octanol–water partition coefficient (Wildman–Crippen LogP) is 3.75. The van der Waals surface area contributed by atoms with Crippen molar-refractivity contribution >= 4 is 50.7 Å². The molecule has 4 aromatic rings. The summed E-state index contributed by atoms with van der Waals surface area (Å²) in [5.74, 6) is -0.698. The first-order chi connectivity index (χ1) is 16.6. The van der Waals surface area contributed by atoms with Crippen molar-refractivity contribution in [2.45, 2.75) is 26.3 Å². The zero-order valence-electron chi connectivity index (χ0n) is 18.8. The van der Waals surface area contributed by atoms with Crippen LogP contribution in [0.1, 0.15) is 30.0 Å². The van der Waals surface area contributed by atoms with E-state index in [0.717, 1.165) is 28.3 Å². The molecule has 3 amide bonds. The van der Waals surface area contributed by atoms with Gasteiger partial charge in [0.25, 0.3) is 11.8 Å². The average Bonchev–Trinajstić information content (AvgIpc) is 3.52. The van der Waals surface area contributed by atoms with Gasteiger partial charge in [-0.05, 0) is 18.1 Å². The van der Waals surface area contributed by atoms with Crippen LogP contribution in [0.2, 0.25) is 0 Å². The molecule has 0 saturated heterocycles. The van der Waals surface area contributed by atoms with E-state index in [2.05, 4.69) is 16.0 Å². The molecule has 0 atom stereocenters. The maximum atomic E-state index is 13.1. The van der Waals surface area contributed by atoms with Crippen LogP contribution in [0.25, 0.3) is 33.0 Å². The van der Waals surface area contributed by atoms with Crippen LogP contribution in [0.5, 0.6) is 0 Å². The lowest BCUT2D eigenvalue weighted by molar-refractivity contribution is -0.131. The Balaban J connectivity index is 1.57. The third-order valence-corrected chi connectivity index (χ3v) is 6.85. The molecule has 7 nitrogen and oxygen atoms in total. The number of benzene rings is 2. The van der Waals surface area contributed by atoms with E-state index >= 15 is 0 Å². The molecule has 0 radical (unpaired) electrons. The Kier molecular flexibility index (Phi) is 4.65. The number of imide groups is 1. The zero-order chi connectivity index (χ0) is 23.4. The van der Waals surface area contributed by atoms with Gasteiger partial charge >= 0.3 is 0 Å². The van der Waals surface area contributed by atoms with Crippen LogP contribution in [0, 0.1) is 0 Å². The maximum absolute atomic E-state index is 13.1. The van der Waals surface area contributed by atoms with E-state index in [1.54, 1.807) is 6.26 Å². The predicted molar refractivity (Wildman–Crippen MR) is 129 cm³/mol. The number of hydrogen-bond acceptors (Lipinski definition) is 4. The second-order valence-electron chi connectivity index (χ2n) is 8.71. The Morgan fingerprint density at radius 2 is 1.76 bits per heavy atom. The number of fused-ring (bicyclic) bond motifs is 1. The number of hydrogen-bond donors (Lipinski definition) is 1. The number of carbonyl (C=O) groups is 3. The summed E-state index contributed by atoms with van der Waals surface area (Å²) in [6, 6.07) is 13.5. The highest BCUT2D eigenvalue weighted by Gasteiger charge is 2.35. The van der Waals surface area contributed by atoms with Crippen molar-refractivity contribution in [1.29, 1.82) is 0 Å². The zero-order valence-corrected chi connectivity index (χ0v) is 18.8. The van der Waals surface area contributed by atoms with Crippen molar-refractivity contribution in [1.82, 2.24) is 14.8 Å². The Labute approximate surface area is 195 Å². The summed E-state index contributed by atoms with van der Waals surface area (Å²) in [5.41, 5.74) is 4.75. The van der Waals surface area contributed by atoms with Gasteiger partial charge in [-0.3, -0.25) is 19.7 Å². The van der Waals surface area contributed by atoms with E-state index in [0.29, 0.717) is 53.9 Å². The lowest BCUT2D eigenvalue weighted by Gasteiger charge is -2.25. The summed E-state index contributed by atoms with van der Waals surface area (Å²) in [6.07, 6.45) is 4.74. The largest absolute Gasteiger partial charge is 0.464 e. The van der Waals surface area contributed by atoms with Crippen LogP contribution < -0.4 is 5.32 Å². The summed E-state index contributed by atoms with van der Waals surface area (Å²) in [4.78, 5) is 40.4. The van der Waals surface area contributed by atoms with Gasteiger partial charge in [-0.15, -0.1) is 0 Å². The smallest absolute Gasteiger partial charge is 0.259 e. The van der Waals surface area contributed by atoms with E-state index < -0.39 is 11.8 Å². The molecule has 6 rings (SSSR count). The van der Waals surface area contributed by atoms with Crippen molar-refractivity contribution in [3.05, 3.63) is 71.6 Å². The van der Waals surface area contributed by atoms with E-state index in [9.17, 15) is 14.4 Å². The Hall–Kier alpha value is -4.13. The molecule has 0 fully saturated rings. The van der Waals surface area contributed by atoms with Gasteiger partial charge in [0.1, 0.15) is 5.58 Å². The summed E-state index contributed by atoms with van der Waals surface area (Å²) in [5, 5.41) is 4.29. The molecule has 2 aliphatic rings. The Bertz CT molecular complexity index is 1540. The van der Waals surface area contributed by atoms with E-state index in [-0.39, 0.29) is 5.91 Å². The lowest BCUT2D eigenvalue weighted by atomic mass is 9.94. The number of para-hydroxylation sites is 2. The van der Waals surface area contributed by atoms with Gasteiger partial charge in [-0.1, -0.05) is 43.3 Å². The van der Waals surface area contributed by atoms with Gasteiger partial charge in [0, 0.05) is 54.2 Å². The first kappa shape index (κ1) is 20.5. The summed E-state index contributed by atoms with van der Waals surface area (Å²) in [6.45, 7) is 3.77. The number of nitrogens with one attached hydrogen (secondary N) is 1. The van der Waals surface area contributed by atoms with Crippen LogP contribution >= 0.6 is 0 Å². The lowest BCUT2D eigenvalue weighted by Crippen LogP contribution is -2.36. The molecule has 0 saturated carbocycles. The molecule has 2 aliphatic heterocycles. The molecule has 0 unspecified atom stereocenters. The molecular weight excluding hydrogens is 430 g/mol. The Morgan fingerprint density at radius 3 is 2.59 bits per heavy atom. The summed E-state index contributed by atoms with van der Waals surface area (Å²) < 4.78 is 7.80. The summed E-state index contributed by atoms with van der Waals surface area (Å²) >= 11 is 0. The highest BCUT2D eigenvalue weighted by Crippen LogP contribution is 2.39.